The minimum Gasteiger partial charge on any atom is -0.271 e. The van der Waals surface area contributed by atoms with Crippen LogP contribution in [0, 0.1) is 13.8 Å². The Hall–Kier alpha value is -4.84. The highest BCUT2D eigenvalue weighted by Gasteiger charge is 2.19. The zero-order valence-electron chi connectivity index (χ0n) is 25.3. The van der Waals surface area contributed by atoms with Crippen molar-refractivity contribution in [2.75, 3.05) is 0 Å². The summed E-state index contributed by atoms with van der Waals surface area (Å²) in [5, 5.41) is 9.47. The SMILES string of the molecule is CCc1c(-c2ccncc2)c(-c2cccc(C)c2)nn1C.CCc1nn(C)c(-c2cccc(C)c2)c1-c1ccncc1. The average Bonchev–Trinajstić information content (AvgIpc) is 3.54. The normalized spacial score (nSPS) is 10.8. The van der Waals surface area contributed by atoms with Gasteiger partial charge in [0.25, 0.3) is 0 Å². The number of aryl methyl sites for hydroxylation is 5. The Morgan fingerprint density at radius 3 is 1.67 bits per heavy atom. The fourth-order valence-corrected chi connectivity index (χ4v) is 5.55. The van der Waals surface area contributed by atoms with E-state index in [1.165, 1.54) is 50.3 Å². The van der Waals surface area contributed by atoms with Gasteiger partial charge in [-0.3, -0.25) is 19.3 Å². The molecule has 0 aliphatic carbocycles. The lowest BCUT2D eigenvalue weighted by Crippen LogP contribution is -1.97. The summed E-state index contributed by atoms with van der Waals surface area (Å²) < 4.78 is 3.98. The van der Waals surface area contributed by atoms with E-state index in [-0.39, 0.29) is 0 Å². The number of aromatic nitrogens is 6. The van der Waals surface area contributed by atoms with Gasteiger partial charge in [0.2, 0.25) is 0 Å². The molecule has 4 heterocycles. The first-order valence-corrected chi connectivity index (χ1v) is 14.5. The molecule has 212 valence electrons. The van der Waals surface area contributed by atoms with Crippen LogP contribution in [0.3, 0.4) is 0 Å². The van der Waals surface area contributed by atoms with Gasteiger partial charge in [-0.2, -0.15) is 10.2 Å². The first kappa shape index (κ1) is 28.7. The van der Waals surface area contributed by atoms with Crippen molar-refractivity contribution >= 4 is 0 Å². The third-order valence-electron chi connectivity index (χ3n) is 7.48. The monoisotopic (exact) mass is 554 g/mol. The molecule has 0 spiro atoms. The van der Waals surface area contributed by atoms with Crippen molar-refractivity contribution in [1.82, 2.24) is 29.5 Å². The second-order valence-electron chi connectivity index (χ2n) is 10.5. The third-order valence-corrected chi connectivity index (χ3v) is 7.48. The van der Waals surface area contributed by atoms with Crippen LogP contribution >= 0.6 is 0 Å². The van der Waals surface area contributed by atoms with E-state index < -0.39 is 0 Å². The summed E-state index contributed by atoms with van der Waals surface area (Å²) in [5.41, 5.74) is 14.2. The molecule has 0 fully saturated rings. The van der Waals surface area contributed by atoms with Crippen molar-refractivity contribution in [2.45, 2.75) is 40.5 Å². The van der Waals surface area contributed by atoms with Gasteiger partial charge in [-0.05, 0) is 74.2 Å². The van der Waals surface area contributed by atoms with Crippen LogP contribution in [0.2, 0.25) is 0 Å². The van der Waals surface area contributed by atoms with Gasteiger partial charge in [0, 0.05) is 66.8 Å². The number of benzene rings is 2. The largest absolute Gasteiger partial charge is 0.271 e. The molecule has 6 nitrogen and oxygen atoms in total. The smallest absolute Gasteiger partial charge is 0.100 e. The summed E-state index contributed by atoms with van der Waals surface area (Å²) in [6.07, 6.45) is 9.21. The maximum Gasteiger partial charge on any atom is 0.100 e. The quantitative estimate of drug-likeness (QED) is 0.209. The van der Waals surface area contributed by atoms with Crippen molar-refractivity contribution in [3.05, 3.63) is 120 Å². The molecule has 0 aliphatic rings. The third kappa shape index (κ3) is 5.93. The zero-order valence-corrected chi connectivity index (χ0v) is 25.3. The molecule has 6 heteroatoms. The molecule has 4 aromatic heterocycles. The van der Waals surface area contributed by atoms with Crippen LogP contribution in [0.1, 0.15) is 36.4 Å². The molecule has 0 aliphatic heterocycles. The molecule has 0 atom stereocenters. The molecule has 0 N–H and O–H groups in total. The van der Waals surface area contributed by atoms with Crippen molar-refractivity contribution in [3.8, 4) is 44.8 Å². The van der Waals surface area contributed by atoms with Crippen LogP contribution in [0.15, 0.2) is 97.6 Å². The second-order valence-corrected chi connectivity index (χ2v) is 10.5. The fraction of sp³-hybridized carbons (Fsp3) is 0.222. The Balaban J connectivity index is 0.000000168. The summed E-state index contributed by atoms with van der Waals surface area (Å²) >= 11 is 0. The minimum absolute atomic E-state index is 0.914. The van der Waals surface area contributed by atoms with Gasteiger partial charge in [0.05, 0.1) is 11.4 Å². The molecule has 2 aromatic carbocycles. The number of nitrogens with zero attached hydrogens (tertiary/aromatic N) is 6. The summed E-state index contributed by atoms with van der Waals surface area (Å²) in [6.45, 7) is 8.54. The molecule has 6 aromatic rings. The van der Waals surface area contributed by atoms with E-state index in [2.05, 4.69) is 110 Å². The van der Waals surface area contributed by atoms with Gasteiger partial charge in [-0.1, -0.05) is 61.4 Å². The minimum atomic E-state index is 0.914. The van der Waals surface area contributed by atoms with Crippen molar-refractivity contribution in [3.63, 3.8) is 0 Å². The van der Waals surface area contributed by atoms with Gasteiger partial charge in [-0.15, -0.1) is 0 Å². The highest BCUT2D eigenvalue weighted by atomic mass is 15.3. The molecular formula is C36H38N6. The maximum absolute atomic E-state index is 4.77. The van der Waals surface area contributed by atoms with Crippen molar-refractivity contribution < 1.29 is 0 Å². The number of hydrogen-bond donors (Lipinski definition) is 0. The first-order chi connectivity index (χ1) is 20.4. The lowest BCUT2D eigenvalue weighted by Gasteiger charge is -2.08. The Labute approximate surface area is 248 Å². The summed E-state index contributed by atoms with van der Waals surface area (Å²) in [7, 11) is 4.03. The standard InChI is InChI=1S/2C18H19N3/c1-4-16-17(14-8-10-19-11-9-14)18(20-21(16)3)15-7-5-6-13(2)12-15;1-4-16-17(14-8-10-19-11-9-14)18(21(3)20-16)15-7-5-6-13(2)12-15/h2*5-12H,4H2,1-3H3. The first-order valence-electron chi connectivity index (χ1n) is 14.5. The molecule has 0 radical (unpaired) electrons. The van der Waals surface area contributed by atoms with E-state index in [9.17, 15) is 0 Å². The Bertz CT molecular complexity index is 1740. The fourth-order valence-electron chi connectivity index (χ4n) is 5.55. The summed E-state index contributed by atoms with van der Waals surface area (Å²) in [5.74, 6) is 0. The average molecular weight is 555 g/mol. The van der Waals surface area contributed by atoms with Crippen molar-refractivity contribution in [1.29, 1.82) is 0 Å². The predicted molar refractivity (Wildman–Crippen MR) is 172 cm³/mol. The number of pyridine rings is 2. The van der Waals surface area contributed by atoms with E-state index in [0.717, 1.165) is 29.8 Å². The van der Waals surface area contributed by atoms with Gasteiger partial charge in [0.1, 0.15) is 5.69 Å². The van der Waals surface area contributed by atoms with E-state index in [1.807, 2.05) is 48.2 Å². The van der Waals surface area contributed by atoms with Gasteiger partial charge >= 0.3 is 0 Å². The van der Waals surface area contributed by atoms with Gasteiger partial charge in [0.15, 0.2) is 0 Å². The molecule has 0 saturated heterocycles. The summed E-state index contributed by atoms with van der Waals surface area (Å²) in [6, 6.07) is 25.3. The van der Waals surface area contributed by atoms with Crippen molar-refractivity contribution in [2.24, 2.45) is 14.1 Å². The Kier molecular flexibility index (Phi) is 8.72. The van der Waals surface area contributed by atoms with E-state index in [4.69, 9.17) is 10.2 Å². The lowest BCUT2D eigenvalue weighted by atomic mass is 9.98. The molecule has 0 amide bonds. The molecule has 6 rings (SSSR count). The van der Waals surface area contributed by atoms with Crippen LogP contribution in [0.25, 0.3) is 44.8 Å². The van der Waals surface area contributed by atoms with E-state index in [1.54, 1.807) is 0 Å². The van der Waals surface area contributed by atoms with Crippen LogP contribution in [-0.4, -0.2) is 29.5 Å². The summed E-state index contributed by atoms with van der Waals surface area (Å²) in [4.78, 5) is 8.25. The lowest BCUT2D eigenvalue weighted by molar-refractivity contribution is 0.721. The van der Waals surface area contributed by atoms with Crippen LogP contribution in [0.5, 0.6) is 0 Å². The van der Waals surface area contributed by atoms with Crippen LogP contribution in [-0.2, 0) is 26.9 Å². The molecule has 0 unspecified atom stereocenters. The van der Waals surface area contributed by atoms with E-state index >= 15 is 0 Å². The molecular weight excluding hydrogens is 516 g/mol. The Morgan fingerprint density at radius 2 is 1.12 bits per heavy atom. The predicted octanol–water partition coefficient (Wildman–Crippen LogP) is 8.04. The highest BCUT2D eigenvalue weighted by molar-refractivity contribution is 5.84. The number of hydrogen-bond acceptors (Lipinski definition) is 4. The Morgan fingerprint density at radius 1 is 0.571 bits per heavy atom. The zero-order chi connectivity index (χ0) is 29.6. The van der Waals surface area contributed by atoms with Crippen LogP contribution in [0.4, 0.5) is 0 Å². The molecule has 0 bridgehead atoms. The highest BCUT2D eigenvalue weighted by Crippen LogP contribution is 2.36. The topological polar surface area (TPSA) is 61.4 Å². The van der Waals surface area contributed by atoms with Crippen LogP contribution < -0.4 is 0 Å². The molecule has 42 heavy (non-hydrogen) atoms. The molecule has 0 saturated carbocycles. The van der Waals surface area contributed by atoms with E-state index in [0.29, 0.717) is 0 Å². The maximum atomic E-state index is 4.77. The number of rotatable bonds is 6. The second kappa shape index (κ2) is 12.8. The van der Waals surface area contributed by atoms with Gasteiger partial charge in [-0.25, -0.2) is 0 Å². The van der Waals surface area contributed by atoms with Gasteiger partial charge < -0.3 is 0 Å².